The lowest BCUT2D eigenvalue weighted by Gasteiger charge is -2.39. The minimum absolute atomic E-state index is 0.141. The van der Waals surface area contributed by atoms with E-state index in [1.54, 1.807) is 68.8 Å². The minimum Gasteiger partial charge on any atom is -0.493 e. The molecule has 4 rings (SSSR count). The van der Waals surface area contributed by atoms with Crippen LogP contribution in [0.5, 0.6) is 11.5 Å². The molecule has 1 aliphatic rings. The van der Waals surface area contributed by atoms with Crippen LogP contribution in [0.3, 0.4) is 0 Å². The van der Waals surface area contributed by atoms with E-state index in [-0.39, 0.29) is 11.8 Å². The molecule has 1 N–H and O–H groups in total. The second kappa shape index (κ2) is 8.47. The topological polar surface area (TPSA) is 80.8 Å². The number of rotatable bonds is 5. The highest BCUT2D eigenvalue weighted by Crippen LogP contribution is 2.44. The third-order valence-corrected chi connectivity index (χ3v) is 5.53. The van der Waals surface area contributed by atoms with Crippen LogP contribution in [0.2, 0.25) is 0 Å². The fourth-order valence-electron chi connectivity index (χ4n) is 4.05. The number of ether oxygens (including phenoxy) is 2. The number of benzene rings is 2. The molecule has 7 nitrogen and oxygen atoms in total. The van der Waals surface area contributed by atoms with E-state index in [1.165, 1.54) is 0 Å². The van der Waals surface area contributed by atoms with Gasteiger partial charge in [-0.05, 0) is 41.5 Å². The molecular formula is C24H23N3O4. The standard InChI is InChI=1S/C24H23N3O4/c1-27-22(15-11-12-18(30-2)19(14-15)31-3)21(16-8-4-5-9-17(16)24(27)29)23(28)26-20-10-6-7-13-25-20/h4-14,21-22H,1-3H3,(H,25,26,28). The third-order valence-electron chi connectivity index (χ3n) is 5.53. The zero-order valence-electron chi connectivity index (χ0n) is 17.5. The van der Waals surface area contributed by atoms with E-state index in [4.69, 9.17) is 9.47 Å². The number of hydrogen-bond acceptors (Lipinski definition) is 5. The molecule has 1 aromatic heterocycles. The highest BCUT2D eigenvalue weighted by Gasteiger charge is 2.42. The average Bonchev–Trinajstić information content (AvgIpc) is 2.81. The fourth-order valence-corrected chi connectivity index (χ4v) is 4.05. The van der Waals surface area contributed by atoms with Crippen molar-refractivity contribution in [1.82, 2.24) is 9.88 Å². The Morgan fingerprint density at radius 1 is 1.00 bits per heavy atom. The molecule has 158 valence electrons. The van der Waals surface area contributed by atoms with Crippen molar-refractivity contribution in [2.24, 2.45) is 0 Å². The summed E-state index contributed by atoms with van der Waals surface area (Å²) < 4.78 is 10.8. The maximum atomic E-state index is 13.5. The van der Waals surface area contributed by atoms with E-state index in [0.717, 1.165) is 5.56 Å². The first-order chi connectivity index (χ1) is 15.0. The van der Waals surface area contributed by atoms with Crippen molar-refractivity contribution in [2.75, 3.05) is 26.6 Å². The Labute approximate surface area is 180 Å². The SMILES string of the molecule is COc1ccc(C2C(C(=O)Nc3ccccn3)c3ccccc3C(=O)N2C)cc1OC. The first-order valence-corrected chi connectivity index (χ1v) is 9.85. The maximum absolute atomic E-state index is 13.5. The summed E-state index contributed by atoms with van der Waals surface area (Å²) in [5.41, 5.74) is 1.96. The molecule has 0 saturated heterocycles. The van der Waals surface area contributed by atoms with Gasteiger partial charge in [-0.3, -0.25) is 9.59 Å². The second-order valence-corrected chi connectivity index (χ2v) is 7.24. The molecule has 0 spiro atoms. The van der Waals surface area contributed by atoms with Crippen LogP contribution in [-0.4, -0.2) is 43.0 Å². The molecule has 0 fully saturated rings. The van der Waals surface area contributed by atoms with Crippen molar-refractivity contribution in [3.05, 3.63) is 83.6 Å². The van der Waals surface area contributed by atoms with Gasteiger partial charge in [0.15, 0.2) is 11.5 Å². The van der Waals surface area contributed by atoms with Crippen molar-refractivity contribution in [3.8, 4) is 11.5 Å². The van der Waals surface area contributed by atoms with Crippen molar-refractivity contribution in [1.29, 1.82) is 0 Å². The number of aromatic nitrogens is 1. The largest absolute Gasteiger partial charge is 0.493 e. The van der Waals surface area contributed by atoms with Gasteiger partial charge in [-0.1, -0.05) is 30.3 Å². The summed E-state index contributed by atoms with van der Waals surface area (Å²) in [6.07, 6.45) is 1.62. The number of fused-ring (bicyclic) bond motifs is 1. The van der Waals surface area contributed by atoms with Crippen LogP contribution in [0, 0.1) is 0 Å². The highest BCUT2D eigenvalue weighted by atomic mass is 16.5. The van der Waals surface area contributed by atoms with Gasteiger partial charge < -0.3 is 19.7 Å². The van der Waals surface area contributed by atoms with Crippen LogP contribution in [0.4, 0.5) is 5.82 Å². The van der Waals surface area contributed by atoms with Gasteiger partial charge in [-0.15, -0.1) is 0 Å². The number of nitrogens with one attached hydrogen (secondary N) is 1. The monoisotopic (exact) mass is 417 g/mol. The summed E-state index contributed by atoms with van der Waals surface area (Å²) in [7, 11) is 4.83. The molecule has 31 heavy (non-hydrogen) atoms. The molecule has 2 aromatic carbocycles. The molecular weight excluding hydrogens is 394 g/mol. The molecule has 2 atom stereocenters. The van der Waals surface area contributed by atoms with E-state index in [2.05, 4.69) is 10.3 Å². The number of carbonyl (C=O) groups excluding carboxylic acids is 2. The first kappa shape index (κ1) is 20.4. The molecule has 0 aliphatic carbocycles. The summed E-state index contributed by atoms with van der Waals surface area (Å²) >= 11 is 0. The van der Waals surface area contributed by atoms with Gasteiger partial charge in [0.2, 0.25) is 5.91 Å². The number of likely N-dealkylation sites (N-methyl/N-ethyl adjacent to an activating group) is 1. The number of methoxy groups -OCH3 is 2. The summed E-state index contributed by atoms with van der Waals surface area (Å²) in [6, 6.07) is 17.4. The van der Waals surface area contributed by atoms with Crippen LogP contribution in [0.25, 0.3) is 0 Å². The van der Waals surface area contributed by atoms with Gasteiger partial charge in [-0.2, -0.15) is 0 Å². The van der Waals surface area contributed by atoms with Gasteiger partial charge in [0.05, 0.1) is 26.2 Å². The van der Waals surface area contributed by atoms with Gasteiger partial charge in [0, 0.05) is 18.8 Å². The Bertz CT molecular complexity index is 1120. The molecule has 1 aliphatic heterocycles. The van der Waals surface area contributed by atoms with E-state index in [9.17, 15) is 9.59 Å². The number of amides is 2. The second-order valence-electron chi connectivity index (χ2n) is 7.24. The van der Waals surface area contributed by atoms with E-state index >= 15 is 0 Å². The lowest BCUT2D eigenvalue weighted by molar-refractivity contribution is -0.119. The lowest BCUT2D eigenvalue weighted by atomic mass is 9.79. The van der Waals surface area contributed by atoms with Gasteiger partial charge >= 0.3 is 0 Å². The van der Waals surface area contributed by atoms with Crippen molar-refractivity contribution in [3.63, 3.8) is 0 Å². The van der Waals surface area contributed by atoms with Gasteiger partial charge in [0.25, 0.3) is 5.91 Å². The molecule has 0 saturated carbocycles. The molecule has 2 amide bonds. The zero-order valence-corrected chi connectivity index (χ0v) is 17.5. The van der Waals surface area contributed by atoms with Crippen LogP contribution < -0.4 is 14.8 Å². The van der Waals surface area contributed by atoms with Crippen molar-refractivity contribution < 1.29 is 19.1 Å². The van der Waals surface area contributed by atoms with Gasteiger partial charge in [0.1, 0.15) is 5.82 Å². The van der Waals surface area contributed by atoms with Crippen molar-refractivity contribution in [2.45, 2.75) is 12.0 Å². The number of hydrogen-bond donors (Lipinski definition) is 1. The Morgan fingerprint density at radius 3 is 2.45 bits per heavy atom. The lowest BCUT2D eigenvalue weighted by Crippen LogP contribution is -2.44. The first-order valence-electron chi connectivity index (χ1n) is 9.85. The molecule has 2 unspecified atom stereocenters. The number of nitrogens with zero attached hydrogens (tertiary/aromatic N) is 2. The number of pyridine rings is 1. The van der Waals surface area contributed by atoms with E-state index in [1.807, 2.05) is 24.3 Å². The van der Waals surface area contributed by atoms with Crippen molar-refractivity contribution >= 4 is 17.6 Å². The summed E-state index contributed by atoms with van der Waals surface area (Å²) in [5.74, 6) is 0.534. The highest BCUT2D eigenvalue weighted by molar-refractivity contribution is 6.04. The molecule has 7 heteroatoms. The molecule has 0 radical (unpaired) electrons. The quantitative estimate of drug-likeness (QED) is 0.685. The third kappa shape index (κ3) is 3.70. The van der Waals surface area contributed by atoms with E-state index < -0.39 is 12.0 Å². The minimum atomic E-state index is -0.640. The predicted octanol–water partition coefficient (Wildman–Crippen LogP) is 3.65. The summed E-state index contributed by atoms with van der Waals surface area (Å²) in [4.78, 5) is 32.4. The average molecular weight is 417 g/mol. The van der Waals surface area contributed by atoms with Crippen LogP contribution >= 0.6 is 0 Å². The maximum Gasteiger partial charge on any atom is 0.254 e. The van der Waals surface area contributed by atoms with Crippen LogP contribution in [0.15, 0.2) is 66.9 Å². The smallest absolute Gasteiger partial charge is 0.254 e. The zero-order chi connectivity index (χ0) is 22.0. The van der Waals surface area contributed by atoms with Crippen LogP contribution in [-0.2, 0) is 4.79 Å². The molecule has 0 bridgehead atoms. The number of carbonyl (C=O) groups is 2. The van der Waals surface area contributed by atoms with Crippen LogP contribution in [0.1, 0.15) is 33.4 Å². The summed E-state index contributed by atoms with van der Waals surface area (Å²) in [6.45, 7) is 0. The Hall–Kier alpha value is -3.87. The van der Waals surface area contributed by atoms with Gasteiger partial charge in [-0.25, -0.2) is 4.98 Å². The molecule has 3 aromatic rings. The van der Waals surface area contributed by atoms with E-state index in [0.29, 0.717) is 28.4 Å². The Balaban J connectivity index is 1.83. The normalized spacial score (nSPS) is 17.6. The Kier molecular flexibility index (Phi) is 5.58. The molecule has 2 heterocycles. The summed E-state index contributed by atoms with van der Waals surface area (Å²) in [5, 5.41) is 2.89. The predicted molar refractivity (Wildman–Crippen MR) is 116 cm³/mol. The fraction of sp³-hybridized carbons (Fsp3) is 0.208. The Morgan fingerprint density at radius 2 is 1.74 bits per heavy atom. The number of anilines is 1.